The zero-order valence-electron chi connectivity index (χ0n) is 16.2. The van der Waals surface area contributed by atoms with Gasteiger partial charge in [0.15, 0.2) is 0 Å². The number of aromatic nitrogens is 4. The highest BCUT2D eigenvalue weighted by Gasteiger charge is 2.32. The summed E-state index contributed by atoms with van der Waals surface area (Å²) in [7, 11) is 0. The Morgan fingerprint density at radius 2 is 1.48 bits per heavy atom. The molecule has 0 bridgehead atoms. The molecule has 0 aliphatic heterocycles. The van der Waals surface area contributed by atoms with Crippen LogP contribution >= 0.6 is 43.5 Å². The molecule has 5 aromatic rings. The van der Waals surface area contributed by atoms with E-state index >= 15 is 0 Å². The average molecular weight is 561 g/mol. The van der Waals surface area contributed by atoms with E-state index in [-0.39, 0.29) is 6.54 Å². The highest BCUT2D eigenvalue weighted by Crippen LogP contribution is 2.36. The average Bonchev–Trinajstić information content (AvgIpc) is 3.35. The summed E-state index contributed by atoms with van der Waals surface area (Å²) in [5, 5.41) is 19.0. The molecule has 5 rings (SSSR count). The van der Waals surface area contributed by atoms with Crippen LogP contribution in [0.15, 0.2) is 82.3 Å². The van der Waals surface area contributed by atoms with Gasteiger partial charge in [-0.1, -0.05) is 55.6 Å². The predicted molar refractivity (Wildman–Crippen MR) is 130 cm³/mol. The lowest BCUT2D eigenvalue weighted by Gasteiger charge is -2.30. The topological polar surface area (TPSA) is 55.9 Å². The number of nitrogens with zero attached hydrogens (tertiary/aromatic N) is 4. The molecule has 156 valence electrons. The maximum absolute atomic E-state index is 12.0. The molecule has 0 aliphatic rings. The Morgan fingerprint density at radius 1 is 0.871 bits per heavy atom. The van der Waals surface area contributed by atoms with Crippen molar-refractivity contribution in [2.24, 2.45) is 0 Å². The molecule has 0 saturated carbocycles. The fourth-order valence-electron chi connectivity index (χ4n) is 4.06. The van der Waals surface area contributed by atoms with E-state index in [4.69, 9.17) is 11.6 Å². The van der Waals surface area contributed by atoms with Gasteiger partial charge < -0.3 is 9.67 Å². The third kappa shape index (κ3) is 3.91. The quantitative estimate of drug-likeness (QED) is 0.281. The van der Waals surface area contributed by atoms with Gasteiger partial charge in [-0.15, -0.1) is 0 Å². The second kappa shape index (κ2) is 8.06. The molecular formula is C23H17Br2ClN4O. The van der Waals surface area contributed by atoms with E-state index in [9.17, 15) is 5.11 Å². The lowest BCUT2D eigenvalue weighted by atomic mass is 9.93. The molecule has 0 radical (unpaired) electrons. The van der Waals surface area contributed by atoms with Crippen molar-refractivity contribution in [1.82, 2.24) is 19.3 Å². The van der Waals surface area contributed by atoms with Gasteiger partial charge in [0.25, 0.3) is 0 Å². The van der Waals surface area contributed by atoms with Gasteiger partial charge in [-0.2, -0.15) is 5.10 Å². The molecule has 31 heavy (non-hydrogen) atoms. The highest BCUT2D eigenvalue weighted by atomic mass is 79.9. The summed E-state index contributed by atoms with van der Waals surface area (Å²) in [6.45, 7) is 0.584. The number of hydrogen-bond acceptors (Lipinski definition) is 3. The molecule has 1 unspecified atom stereocenters. The Labute approximate surface area is 200 Å². The summed E-state index contributed by atoms with van der Waals surface area (Å²) >= 11 is 13.3. The Morgan fingerprint density at radius 3 is 2.03 bits per heavy atom. The largest absolute Gasteiger partial charge is 0.381 e. The number of fused-ring (bicyclic) bond motifs is 3. The zero-order chi connectivity index (χ0) is 21.6. The van der Waals surface area contributed by atoms with Crippen LogP contribution in [0.25, 0.3) is 21.8 Å². The molecule has 0 amide bonds. The molecule has 2 heterocycles. The number of benzene rings is 3. The van der Waals surface area contributed by atoms with Crippen molar-refractivity contribution < 1.29 is 5.11 Å². The lowest BCUT2D eigenvalue weighted by Crippen LogP contribution is -2.36. The van der Waals surface area contributed by atoms with Crippen molar-refractivity contribution in [3.63, 3.8) is 0 Å². The summed E-state index contributed by atoms with van der Waals surface area (Å²) in [5.74, 6) is 0. The minimum Gasteiger partial charge on any atom is -0.381 e. The normalized spacial score (nSPS) is 13.7. The van der Waals surface area contributed by atoms with Gasteiger partial charge in [0.1, 0.15) is 18.3 Å². The monoisotopic (exact) mass is 558 g/mol. The lowest BCUT2D eigenvalue weighted by molar-refractivity contribution is -0.000167. The van der Waals surface area contributed by atoms with E-state index in [1.165, 1.54) is 6.33 Å². The van der Waals surface area contributed by atoms with Crippen LogP contribution in [0.3, 0.4) is 0 Å². The van der Waals surface area contributed by atoms with Gasteiger partial charge in [-0.05, 0) is 54.1 Å². The maximum atomic E-state index is 12.0. The van der Waals surface area contributed by atoms with Gasteiger partial charge in [0, 0.05) is 35.8 Å². The van der Waals surface area contributed by atoms with Crippen LogP contribution in [-0.2, 0) is 18.7 Å². The van der Waals surface area contributed by atoms with E-state index in [1.54, 1.807) is 23.1 Å². The molecule has 1 N–H and O–H groups in total. The summed E-state index contributed by atoms with van der Waals surface area (Å²) in [5.41, 5.74) is 1.61. The predicted octanol–water partition coefficient (Wildman–Crippen LogP) is 6.15. The summed E-state index contributed by atoms with van der Waals surface area (Å²) in [4.78, 5) is 4.03. The van der Waals surface area contributed by atoms with Gasteiger partial charge in [0.2, 0.25) is 0 Å². The molecule has 5 nitrogen and oxygen atoms in total. The first-order valence-electron chi connectivity index (χ1n) is 9.61. The second-order valence-corrected chi connectivity index (χ2v) is 9.81. The fourth-order valence-corrected chi connectivity index (χ4v) is 4.90. The number of halogens is 3. The zero-order valence-corrected chi connectivity index (χ0v) is 20.1. The Hall–Kier alpha value is -2.19. The first-order valence-corrected chi connectivity index (χ1v) is 11.6. The third-order valence-corrected chi connectivity index (χ3v) is 6.72. The molecule has 0 spiro atoms. The van der Waals surface area contributed by atoms with Gasteiger partial charge >= 0.3 is 0 Å². The van der Waals surface area contributed by atoms with Crippen LogP contribution in [0.1, 0.15) is 5.56 Å². The van der Waals surface area contributed by atoms with Crippen LogP contribution in [0.4, 0.5) is 0 Å². The van der Waals surface area contributed by atoms with E-state index in [0.29, 0.717) is 11.6 Å². The second-order valence-electron chi connectivity index (χ2n) is 7.54. The molecule has 0 fully saturated rings. The standard InChI is InChI=1S/C23H17Br2ClN4O/c24-16-3-7-21-19(9-16)20-10-17(25)4-8-22(20)30(21)12-23(31,11-29-14-27-13-28-29)15-1-5-18(26)6-2-15/h1-10,13-14,31H,11-12H2. The van der Waals surface area contributed by atoms with Crippen LogP contribution in [0.5, 0.6) is 0 Å². The fraction of sp³-hybridized carbons (Fsp3) is 0.130. The number of rotatable bonds is 5. The van der Waals surface area contributed by atoms with E-state index in [1.807, 2.05) is 24.3 Å². The number of hydrogen-bond donors (Lipinski definition) is 1. The molecule has 0 saturated heterocycles. The van der Waals surface area contributed by atoms with Crippen molar-refractivity contribution in [3.8, 4) is 0 Å². The van der Waals surface area contributed by atoms with Crippen LogP contribution < -0.4 is 0 Å². The van der Waals surface area contributed by atoms with Gasteiger partial charge in [-0.25, -0.2) is 9.67 Å². The molecule has 2 aromatic heterocycles. The van der Waals surface area contributed by atoms with Crippen molar-refractivity contribution >= 4 is 65.3 Å². The Kier molecular flexibility index (Phi) is 5.38. The molecule has 3 aromatic carbocycles. The van der Waals surface area contributed by atoms with Crippen LogP contribution in [0.2, 0.25) is 5.02 Å². The third-order valence-electron chi connectivity index (χ3n) is 5.48. The van der Waals surface area contributed by atoms with Crippen LogP contribution in [-0.4, -0.2) is 24.4 Å². The van der Waals surface area contributed by atoms with Crippen molar-refractivity contribution in [1.29, 1.82) is 0 Å². The van der Waals surface area contributed by atoms with E-state index in [2.05, 4.69) is 70.8 Å². The molecule has 8 heteroatoms. The van der Waals surface area contributed by atoms with E-state index in [0.717, 1.165) is 36.3 Å². The van der Waals surface area contributed by atoms with Crippen LogP contribution in [0, 0.1) is 0 Å². The minimum atomic E-state index is -1.24. The first kappa shape index (κ1) is 20.7. The highest BCUT2D eigenvalue weighted by molar-refractivity contribution is 9.10. The first-order chi connectivity index (χ1) is 14.9. The van der Waals surface area contributed by atoms with Gasteiger partial charge in [0.05, 0.1) is 13.1 Å². The molecular weight excluding hydrogens is 544 g/mol. The van der Waals surface area contributed by atoms with Gasteiger partial charge in [-0.3, -0.25) is 0 Å². The summed E-state index contributed by atoms with van der Waals surface area (Å²) in [6, 6.07) is 19.7. The Bertz CT molecular complexity index is 1320. The number of aliphatic hydroxyl groups is 1. The maximum Gasteiger partial charge on any atom is 0.137 e. The summed E-state index contributed by atoms with van der Waals surface area (Å²) < 4.78 is 5.83. The minimum absolute atomic E-state index is 0.253. The Balaban J connectivity index is 1.71. The summed E-state index contributed by atoms with van der Waals surface area (Å²) in [6.07, 6.45) is 3.08. The van der Waals surface area contributed by atoms with Crippen molar-refractivity contribution in [3.05, 3.63) is 92.8 Å². The van der Waals surface area contributed by atoms with Crippen molar-refractivity contribution in [2.75, 3.05) is 0 Å². The molecule has 0 aliphatic carbocycles. The SMILES string of the molecule is OC(Cn1cncn1)(Cn1c2ccc(Br)cc2c2cc(Br)ccc21)c1ccc(Cl)cc1. The smallest absolute Gasteiger partial charge is 0.137 e. The van der Waals surface area contributed by atoms with Crippen molar-refractivity contribution in [2.45, 2.75) is 18.7 Å². The molecule has 1 atom stereocenters. The van der Waals surface area contributed by atoms with E-state index < -0.39 is 5.60 Å².